The Morgan fingerprint density at radius 2 is 1.48 bits per heavy atom. The number of carbonyl (C=O) groups is 4. The van der Waals surface area contributed by atoms with Crippen molar-refractivity contribution < 1.29 is 28.7 Å². The predicted molar refractivity (Wildman–Crippen MR) is 164 cm³/mol. The van der Waals surface area contributed by atoms with Gasteiger partial charge in [0.2, 0.25) is 5.91 Å². The number of nitrogens with one attached hydrogen (secondary N) is 4. The van der Waals surface area contributed by atoms with Crippen LogP contribution >= 0.6 is 0 Å². The van der Waals surface area contributed by atoms with Crippen LogP contribution in [0.15, 0.2) is 78.9 Å². The smallest absolute Gasteiger partial charge is 0.426 e. The first kappa shape index (κ1) is 32.0. The zero-order valence-corrected chi connectivity index (χ0v) is 25.0. The summed E-state index contributed by atoms with van der Waals surface area (Å²) in [5.41, 5.74) is 8.82. The molecule has 3 aromatic carbocycles. The van der Waals surface area contributed by atoms with Gasteiger partial charge in [0.15, 0.2) is 0 Å². The second-order valence-corrected chi connectivity index (χ2v) is 11.2. The number of hydrogen-bond acceptors (Lipinski definition) is 7. The Balaban J connectivity index is 1.47. The summed E-state index contributed by atoms with van der Waals surface area (Å²) in [7, 11) is 0. The lowest BCUT2D eigenvalue weighted by molar-refractivity contribution is -0.129. The third-order valence-electron chi connectivity index (χ3n) is 6.88. The fourth-order valence-corrected chi connectivity index (χ4v) is 4.75. The second-order valence-electron chi connectivity index (χ2n) is 11.2. The van der Waals surface area contributed by atoms with E-state index in [1.54, 1.807) is 45.0 Å². The number of ether oxygens (including phenoxy) is 2. The van der Waals surface area contributed by atoms with Crippen molar-refractivity contribution in [3.05, 3.63) is 95.6 Å². The van der Waals surface area contributed by atoms with Crippen molar-refractivity contribution in [3.63, 3.8) is 0 Å². The highest BCUT2D eigenvalue weighted by Crippen LogP contribution is 2.44. The van der Waals surface area contributed by atoms with Gasteiger partial charge in [0.25, 0.3) is 5.91 Å². The third kappa shape index (κ3) is 8.55. The average Bonchev–Trinajstić information content (AvgIpc) is 3.33. The molecular weight excluding hydrogens is 564 g/mol. The van der Waals surface area contributed by atoms with Crippen LogP contribution in [0.5, 0.6) is 0 Å². The first-order valence-electron chi connectivity index (χ1n) is 14.2. The number of amides is 5. The largest absolute Gasteiger partial charge is 0.447 e. The SMILES string of the molecule is CC(C)(C)OC[C@H](NC(=O)N(Cc1ccccc1)NC(=O)OCC1c2ccccc2-c2ccccc21)C(=O)NCC(=O)NN. The summed E-state index contributed by atoms with van der Waals surface area (Å²) in [5, 5.41) is 6.04. The lowest BCUT2D eigenvalue weighted by Crippen LogP contribution is -2.58. The first-order valence-corrected chi connectivity index (χ1v) is 14.2. The molecule has 0 bridgehead atoms. The summed E-state index contributed by atoms with van der Waals surface area (Å²) < 4.78 is 11.4. The van der Waals surface area contributed by atoms with Gasteiger partial charge in [-0.2, -0.15) is 0 Å². The van der Waals surface area contributed by atoms with Crippen molar-refractivity contribution in [1.82, 2.24) is 26.5 Å². The number of benzene rings is 3. The minimum atomic E-state index is -1.20. The van der Waals surface area contributed by atoms with E-state index < -0.39 is 42.1 Å². The van der Waals surface area contributed by atoms with Crippen molar-refractivity contribution in [3.8, 4) is 11.1 Å². The molecule has 232 valence electrons. The summed E-state index contributed by atoms with van der Waals surface area (Å²) in [4.78, 5) is 51.1. The average molecular weight is 603 g/mol. The number of nitrogens with two attached hydrogens (primary N) is 1. The predicted octanol–water partition coefficient (Wildman–Crippen LogP) is 2.94. The Hall–Kier alpha value is -4.94. The molecule has 0 radical (unpaired) electrons. The van der Waals surface area contributed by atoms with Gasteiger partial charge < -0.3 is 20.1 Å². The Morgan fingerprint density at radius 1 is 0.886 bits per heavy atom. The summed E-state index contributed by atoms with van der Waals surface area (Å²) in [6.07, 6.45) is -0.843. The highest BCUT2D eigenvalue weighted by molar-refractivity contribution is 5.90. The molecule has 3 aromatic rings. The molecule has 5 amide bonds. The maximum Gasteiger partial charge on any atom is 0.426 e. The highest BCUT2D eigenvalue weighted by Gasteiger charge is 2.30. The molecule has 0 spiro atoms. The molecule has 12 nitrogen and oxygen atoms in total. The van der Waals surface area contributed by atoms with Gasteiger partial charge in [-0.3, -0.25) is 15.0 Å². The molecule has 44 heavy (non-hydrogen) atoms. The standard InChI is InChI=1S/C32H38N6O6/c1-32(2,3)44-20-27(29(40)34-17-28(39)36-33)35-30(41)38(18-21-11-5-4-6-12-21)37-31(42)43-19-26-24-15-9-7-13-22(24)23-14-8-10-16-25(23)26/h4-16,26-27H,17-20,33H2,1-3H3,(H,34,40)(H,35,41)(H,36,39)(H,37,42)/t27-/m0/s1. The molecule has 0 aliphatic heterocycles. The molecule has 1 atom stereocenters. The molecule has 0 saturated carbocycles. The van der Waals surface area contributed by atoms with E-state index in [2.05, 4.69) is 16.1 Å². The molecule has 6 N–H and O–H groups in total. The lowest BCUT2D eigenvalue weighted by Gasteiger charge is -2.28. The van der Waals surface area contributed by atoms with E-state index in [0.29, 0.717) is 5.56 Å². The van der Waals surface area contributed by atoms with Gasteiger partial charge in [-0.05, 0) is 48.6 Å². The number of rotatable bonds is 10. The molecule has 0 unspecified atom stereocenters. The minimum absolute atomic E-state index is 0.0269. The van der Waals surface area contributed by atoms with E-state index in [-0.39, 0.29) is 25.7 Å². The van der Waals surface area contributed by atoms with Gasteiger partial charge in [-0.15, -0.1) is 0 Å². The van der Waals surface area contributed by atoms with E-state index >= 15 is 0 Å². The molecule has 12 heteroatoms. The molecule has 0 heterocycles. The van der Waals surface area contributed by atoms with Crippen LogP contribution in [0.25, 0.3) is 11.1 Å². The zero-order chi connectivity index (χ0) is 31.7. The van der Waals surface area contributed by atoms with Crippen molar-refractivity contribution in [2.75, 3.05) is 19.8 Å². The van der Waals surface area contributed by atoms with Crippen LogP contribution in [-0.4, -0.2) is 60.3 Å². The number of hydrazine groups is 2. The van der Waals surface area contributed by atoms with Gasteiger partial charge in [0.05, 0.1) is 25.3 Å². The van der Waals surface area contributed by atoms with Gasteiger partial charge in [-0.1, -0.05) is 78.9 Å². The number of fused-ring (bicyclic) bond motifs is 3. The summed E-state index contributed by atoms with van der Waals surface area (Å²) in [6, 6.07) is 23.0. The molecular formula is C32H38N6O6. The van der Waals surface area contributed by atoms with E-state index in [1.807, 2.05) is 60.0 Å². The van der Waals surface area contributed by atoms with E-state index in [0.717, 1.165) is 27.3 Å². The molecule has 4 rings (SSSR count). The highest BCUT2D eigenvalue weighted by atomic mass is 16.6. The fourth-order valence-electron chi connectivity index (χ4n) is 4.75. The topological polar surface area (TPSA) is 164 Å². The number of nitrogens with zero attached hydrogens (tertiary/aromatic N) is 1. The van der Waals surface area contributed by atoms with Crippen molar-refractivity contribution in [2.45, 2.75) is 44.9 Å². The maximum atomic E-state index is 13.5. The van der Waals surface area contributed by atoms with Crippen LogP contribution in [0.1, 0.15) is 43.4 Å². The lowest BCUT2D eigenvalue weighted by atomic mass is 9.98. The van der Waals surface area contributed by atoms with Crippen LogP contribution in [0, 0.1) is 0 Å². The number of carbonyl (C=O) groups excluding carboxylic acids is 4. The Morgan fingerprint density at radius 3 is 2.07 bits per heavy atom. The second kappa shape index (κ2) is 14.5. The molecule has 0 aromatic heterocycles. The quantitative estimate of drug-likeness (QED) is 0.135. The Bertz CT molecular complexity index is 1430. The Labute approximate surface area is 256 Å². The maximum absolute atomic E-state index is 13.5. The zero-order valence-electron chi connectivity index (χ0n) is 25.0. The van der Waals surface area contributed by atoms with Crippen molar-refractivity contribution in [2.24, 2.45) is 5.84 Å². The van der Waals surface area contributed by atoms with E-state index in [9.17, 15) is 19.2 Å². The summed E-state index contributed by atoms with van der Waals surface area (Å²) in [6.45, 7) is 4.82. The monoisotopic (exact) mass is 602 g/mol. The van der Waals surface area contributed by atoms with Gasteiger partial charge in [0.1, 0.15) is 12.6 Å². The van der Waals surface area contributed by atoms with Crippen LogP contribution in [0.3, 0.4) is 0 Å². The number of hydrogen-bond donors (Lipinski definition) is 5. The Kier molecular flexibility index (Phi) is 10.5. The number of urea groups is 1. The minimum Gasteiger partial charge on any atom is -0.447 e. The van der Waals surface area contributed by atoms with Crippen molar-refractivity contribution >= 4 is 23.9 Å². The molecule has 0 saturated heterocycles. The molecule has 0 fully saturated rings. The summed E-state index contributed by atoms with van der Waals surface area (Å²) in [5.74, 6) is 3.63. The van der Waals surface area contributed by atoms with Gasteiger partial charge >= 0.3 is 12.1 Å². The normalized spacial score (nSPS) is 12.7. The van der Waals surface area contributed by atoms with Crippen LogP contribution < -0.4 is 27.3 Å². The molecule has 1 aliphatic carbocycles. The summed E-state index contributed by atoms with van der Waals surface area (Å²) >= 11 is 0. The van der Waals surface area contributed by atoms with Gasteiger partial charge in [0, 0.05) is 5.92 Å². The van der Waals surface area contributed by atoms with Crippen molar-refractivity contribution in [1.29, 1.82) is 0 Å². The van der Waals surface area contributed by atoms with E-state index in [1.165, 1.54) is 0 Å². The first-order chi connectivity index (χ1) is 21.1. The third-order valence-corrected chi connectivity index (χ3v) is 6.88. The molecule has 1 aliphatic rings. The van der Waals surface area contributed by atoms with E-state index in [4.69, 9.17) is 15.3 Å². The van der Waals surface area contributed by atoms with Crippen LogP contribution in [-0.2, 0) is 25.6 Å². The fraction of sp³-hybridized carbons (Fsp3) is 0.312. The van der Waals surface area contributed by atoms with Gasteiger partial charge in [-0.25, -0.2) is 25.9 Å². The van der Waals surface area contributed by atoms with Crippen LogP contribution in [0.4, 0.5) is 9.59 Å². The van der Waals surface area contributed by atoms with Crippen LogP contribution in [0.2, 0.25) is 0 Å².